The van der Waals surface area contributed by atoms with E-state index in [1.165, 1.54) is 0 Å². The third-order valence-corrected chi connectivity index (χ3v) is 11.5. The van der Waals surface area contributed by atoms with E-state index in [2.05, 4.69) is 4.98 Å². The fraction of sp³-hybridized carbons (Fsp3) is 0.265. The van der Waals surface area contributed by atoms with Crippen LogP contribution in [0.4, 0.5) is 105 Å². The Morgan fingerprint density at radius 2 is 0.692 bits per heavy atom. The second-order valence-electron chi connectivity index (χ2n) is 17.6. The van der Waals surface area contributed by atoms with Gasteiger partial charge >= 0.3 is 49.4 Å². The Kier molecular flexibility index (Phi) is 17.1. The first-order valence-electron chi connectivity index (χ1n) is 21.6. The van der Waals surface area contributed by atoms with E-state index in [9.17, 15) is 115 Å². The van der Waals surface area contributed by atoms with E-state index in [1.807, 2.05) is 32.0 Å². The van der Waals surface area contributed by atoms with Gasteiger partial charge in [-0.05, 0) is 30.2 Å². The number of benzene rings is 5. The van der Waals surface area contributed by atoms with Crippen LogP contribution in [0.3, 0.4) is 0 Å². The summed E-state index contributed by atoms with van der Waals surface area (Å²) in [7, 11) is 0. The number of halogens is 24. The number of rotatable bonds is 10. The van der Waals surface area contributed by atoms with Crippen LogP contribution in [-0.2, 0) is 56.0 Å². The molecule has 5 aromatic carbocycles. The van der Waals surface area contributed by atoms with Crippen molar-refractivity contribution in [2.24, 2.45) is 5.92 Å². The van der Waals surface area contributed by atoms with Gasteiger partial charge < -0.3 is 0 Å². The predicted molar refractivity (Wildman–Crippen MR) is 229 cm³/mol. The lowest BCUT2D eigenvalue weighted by Crippen LogP contribution is -2.75. The lowest BCUT2D eigenvalue weighted by molar-refractivity contribution is -0.683. The number of nitrogens with zero attached hydrogens (tertiary/aromatic N) is 2. The number of hydrogen-bond acceptors (Lipinski definition) is 3. The van der Waals surface area contributed by atoms with Crippen LogP contribution in [0.2, 0.25) is 0 Å². The van der Waals surface area contributed by atoms with Gasteiger partial charge in [0.2, 0.25) is 12.3 Å². The largest absolute Gasteiger partial charge is 0.416 e. The van der Waals surface area contributed by atoms with E-state index < -0.39 is 195 Å². The zero-order valence-electron chi connectivity index (χ0n) is 38.9. The molecule has 1 heterocycles. The molecule has 420 valence electrons. The molecule has 0 aliphatic rings. The molecule has 0 bridgehead atoms. The third-order valence-electron chi connectivity index (χ3n) is 11.5. The number of alkyl halides is 24. The molecule has 0 unspecified atom stereocenters. The molecular formula is C49H31BF24N2O2. The number of carbonyl (C=O) groups excluding carboxylic acids is 2. The molecule has 0 atom stereocenters. The third kappa shape index (κ3) is 14.7. The van der Waals surface area contributed by atoms with Crippen LogP contribution in [0.5, 0.6) is 0 Å². The fourth-order valence-corrected chi connectivity index (χ4v) is 8.10. The summed E-state index contributed by atoms with van der Waals surface area (Å²) in [6.07, 6.45) is -49.4. The molecule has 0 radical (unpaired) electrons. The van der Waals surface area contributed by atoms with Gasteiger partial charge in [0.25, 0.3) is 0 Å². The van der Waals surface area contributed by atoms with Gasteiger partial charge in [0.1, 0.15) is 6.15 Å². The van der Waals surface area contributed by atoms with Crippen LogP contribution in [0.1, 0.15) is 85.6 Å². The van der Waals surface area contributed by atoms with Gasteiger partial charge in [-0.25, -0.2) is 4.98 Å². The quantitative estimate of drug-likeness (QED) is 0.0594. The van der Waals surface area contributed by atoms with Crippen LogP contribution in [0.25, 0.3) is 0 Å². The van der Waals surface area contributed by atoms with Crippen molar-refractivity contribution in [1.82, 2.24) is 4.98 Å². The maximum Gasteiger partial charge on any atom is 0.416 e. The lowest BCUT2D eigenvalue weighted by Gasteiger charge is -2.46. The summed E-state index contributed by atoms with van der Waals surface area (Å²) in [6, 6.07) is 0.308. The standard InChI is InChI=1S/C32H12BF24.C17H19N2O2/c34-25(35,36)13-1-14(26(37,38)39)6-21(5-13)33(22-7-15(27(40,41)42)2-16(8-22)28(43,44)45,23-9-17(29(46,47)48)3-18(10-23)30(49,50)51)24-11-19(31(52,53)54)4-20(12-24)32(55,56)57;1-13(2)10-16(20)15-11-19(9-8-18-15)12-17(21)14-6-4-3-5-7-14/h1-12H;3-9,11,13H,10,12H2,1-2H3/q-1;+1. The lowest BCUT2D eigenvalue weighted by atomic mass is 9.12. The van der Waals surface area contributed by atoms with E-state index in [0.717, 1.165) is 0 Å². The first-order valence-corrected chi connectivity index (χ1v) is 21.6. The van der Waals surface area contributed by atoms with Crippen molar-refractivity contribution in [3.63, 3.8) is 0 Å². The first kappa shape index (κ1) is 61.8. The molecule has 0 saturated heterocycles. The Morgan fingerprint density at radius 1 is 0.423 bits per heavy atom. The summed E-state index contributed by atoms with van der Waals surface area (Å²) in [5.41, 5.74) is -29.1. The molecule has 6 rings (SSSR count). The van der Waals surface area contributed by atoms with E-state index in [4.69, 9.17) is 0 Å². The van der Waals surface area contributed by atoms with Gasteiger partial charge in [-0.2, -0.15) is 132 Å². The van der Waals surface area contributed by atoms with Crippen LogP contribution in [0, 0.1) is 5.92 Å². The Labute approximate surface area is 423 Å². The Balaban J connectivity index is 0.000000443. The van der Waals surface area contributed by atoms with Crippen molar-refractivity contribution < 1.29 is 120 Å². The molecule has 29 heteroatoms. The maximum absolute atomic E-state index is 14.2. The summed E-state index contributed by atoms with van der Waals surface area (Å²) >= 11 is 0. The van der Waals surface area contributed by atoms with Crippen molar-refractivity contribution in [2.45, 2.75) is 76.2 Å². The first-order chi connectivity index (χ1) is 35.3. The van der Waals surface area contributed by atoms with Gasteiger partial charge in [-0.1, -0.05) is 92.7 Å². The van der Waals surface area contributed by atoms with Gasteiger partial charge in [0.15, 0.2) is 23.9 Å². The number of aromatic nitrogens is 2. The van der Waals surface area contributed by atoms with Crippen LogP contribution in [-0.4, -0.2) is 22.7 Å². The molecule has 0 aliphatic heterocycles. The minimum Gasteiger partial charge on any atom is -0.292 e. The summed E-state index contributed by atoms with van der Waals surface area (Å²) in [4.78, 5) is 28.2. The zero-order chi connectivity index (χ0) is 59.2. The molecule has 0 saturated carbocycles. The minimum atomic E-state index is -6.13. The molecule has 0 fully saturated rings. The SMILES string of the molecule is CC(C)CC(=O)c1c[n+](CC(=O)c2ccccc2)ccn1.FC(F)(F)c1cc([B-](c2cc(C(F)(F)F)cc(C(F)(F)F)c2)(c2cc(C(F)(F)F)cc(C(F)(F)F)c2)c2cc(C(F)(F)F)cc(C(F)(F)F)c2)cc(C(F)(F)F)c1. The molecule has 0 spiro atoms. The average molecular weight is 1150 g/mol. The molecule has 0 amide bonds. The number of Topliss-reactive ketones (excluding diaryl/α,β-unsaturated/α-hetero) is 2. The Bertz CT molecular complexity index is 2710. The molecule has 1 aromatic heterocycles. The smallest absolute Gasteiger partial charge is 0.292 e. The van der Waals surface area contributed by atoms with Gasteiger partial charge in [-0.15, -0.1) is 0 Å². The summed E-state index contributed by atoms with van der Waals surface area (Å²) < 4.78 is 343. The monoisotopic (exact) mass is 1150 g/mol. The van der Waals surface area contributed by atoms with E-state index >= 15 is 0 Å². The van der Waals surface area contributed by atoms with Crippen LogP contribution < -0.4 is 26.4 Å². The topological polar surface area (TPSA) is 50.9 Å². The fourth-order valence-electron chi connectivity index (χ4n) is 8.10. The minimum absolute atomic E-state index is 0.00603. The average Bonchev–Trinajstić information content (AvgIpc) is 3.29. The predicted octanol–water partition coefficient (Wildman–Crippen LogP) is 13.7. The highest BCUT2D eigenvalue weighted by Crippen LogP contribution is 2.41. The highest BCUT2D eigenvalue weighted by Gasteiger charge is 2.47. The van der Waals surface area contributed by atoms with Crippen molar-refractivity contribution in [3.05, 3.63) is 177 Å². The number of carbonyl (C=O) groups is 2. The zero-order valence-corrected chi connectivity index (χ0v) is 38.9. The molecule has 6 aromatic rings. The van der Waals surface area contributed by atoms with Crippen LogP contribution >= 0.6 is 0 Å². The second-order valence-corrected chi connectivity index (χ2v) is 17.6. The molecule has 78 heavy (non-hydrogen) atoms. The molecular weight excluding hydrogens is 1120 g/mol. The van der Waals surface area contributed by atoms with Crippen molar-refractivity contribution >= 4 is 39.6 Å². The van der Waals surface area contributed by atoms with Crippen molar-refractivity contribution in [3.8, 4) is 0 Å². The summed E-state index contributed by atoms with van der Waals surface area (Å²) in [5.74, 6) is 0.305. The summed E-state index contributed by atoms with van der Waals surface area (Å²) in [6.45, 7) is 4.19. The Morgan fingerprint density at radius 3 is 0.936 bits per heavy atom. The number of ketones is 2. The number of hydrogen-bond donors (Lipinski definition) is 0. The molecule has 0 aliphatic carbocycles. The van der Waals surface area contributed by atoms with Gasteiger partial charge in [0.05, 0.1) is 50.7 Å². The van der Waals surface area contributed by atoms with Gasteiger partial charge in [0, 0.05) is 12.0 Å². The van der Waals surface area contributed by atoms with Crippen molar-refractivity contribution in [2.75, 3.05) is 0 Å². The van der Waals surface area contributed by atoms with Gasteiger partial charge in [-0.3, -0.25) is 9.59 Å². The maximum atomic E-state index is 14.2. The Hall–Kier alpha value is -7.10. The molecule has 0 N–H and O–H groups in total. The van der Waals surface area contributed by atoms with E-state index in [0.29, 0.717) is 23.6 Å². The highest BCUT2D eigenvalue weighted by atomic mass is 19.4. The second kappa shape index (κ2) is 21.6. The molecule has 4 nitrogen and oxygen atoms in total. The van der Waals surface area contributed by atoms with E-state index in [1.54, 1.807) is 35.3 Å². The normalized spacial score (nSPS) is 13.3. The van der Waals surface area contributed by atoms with E-state index in [-0.39, 0.29) is 18.1 Å². The highest BCUT2D eigenvalue weighted by molar-refractivity contribution is 7.20. The van der Waals surface area contributed by atoms with Crippen molar-refractivity contribution in [1.29, 1.82) is 0 Å². The summed E-state index contributed by atoms with van der Waals surface area (Å²) in [5, 5.41) is 0. The van der Waals surface area contributed by atoms with Crippen LogP contribution in [0.15, 0.2) is 122 Å².